The second-order valence-electron chi connectivity index (χ2n) is 3.04. The lowest BCUT2D eigenvalue weighted by molar-refractivity contribution is -0.149. The normalized spacial score (nSPS) is 11.6. The van der Waals surface area contributed by atoms with Crippen molar-refractivity contribution < 1.29 is 23.9 Å². The highest BCUT2D eigenvalue weighted by Gasteiger charge is 2.20. The maximum absolute atomic E-state index is 11.4. The van der Waals surface area contributed by atoms with E-state index >= 15 is 0 Å². The molecule has 0 bridgehead atoms. The Kier molecular flexibility index (Phi) is 8.05. The van der Waals surface area contributed by atoms with E-state index in [0.717, 1.165) is 6.29 Å². The number of hydrogen-bond acceptors (Lipinski definition) is 5. The maximum atomic E-state index is 11.4. The van der Waals surface area contributed by atoms with Crippen molar-refractivity contribution in [2.45, 2.75) is 26.3 Å². The standard InChI is InChI=1S/C10H17NO5/c1-3-16-10(14)9(11-8(2)13)7-15-6-4-5-12/h5,9H,3-4,6-7H2,1-2H3,(H,11,13)/t9-/m1/s1. The van der Waals surface area contributed by atoms with Crippen LogP contribution in [0.5, 0.6) is 0 Å². The van der Waals surface area contributed by atoms with E-state index < -0.39 is 12.0 Å². The molecule has 0 saturated carbocycles. The number of hydrogen-bond donors (Lipinski definition) is 1. The van der Waals surface area contributed by atoms with Crippen LogP contribution in [0.2, 0.25) is 0 Å². The van der Waals surface area contributed by atoms with E-state index in [1.807, 2.05) is 0 Å². The third-order valence-electron chi connectivity index (χ3n) is 1.61. The van der Waals surface area contributed by atoms with Gasteiger partial charge in [-0.1, -0.05) is 0 Å². The molecule has 0 unspecified atom stereocenters. The van der Waals surface area contributed by atoms with Gasteiger partial charge in [0.1, 0.15) is 6.29 Å². The summed E-state index contributed by atoms with van der Waals surface area (Å²) in [6, 6.07) is -0.816. The lowest BCUT2D eigenvalue weighted by Gasteiger charge is -2.15. The molecule has 0 saturated heterocycles. The zero-order valence-corrected chi connectivity index (χ0v) is 9.52. The highest BCUT2D eigenvalue weighted by atomic mass is 16.5. The van der Waals surface area contributed by atoms with Crippen molar-refractivity contribution in [1.29, 1.82) is 0 Å². The zero-order chi connectivity index (χ0) is 12.4. The van der Waals surface area contributed by atoms with Crippen LogP contribution in [0.25, 0.3) is 0 Å². The Balaban J connectivity index is 4.04. The molecule has 92 valence electrons. The molecular formula is C10H17NO5. The fraction of sp³-hybridized carbons (Fsp3) is 0.700. The molecule has 0 fully saturated rings. The molecule has 0 spiro atoms. The van der Waals surface area contributed by atoms with Gasteiger partial charge < -0.3 is 19.6 Å². The minimum Gasteiger partial charge on any atom is -0.464 e. The Morgan fingerprint density at radius 2 is 2.12 bits per heavy atom. The van der Waals surface area contributed by atoms with Crippen LogP contribution in [0.15, 0.2) is 0 Å². The van der Waals surface area contributed by atoms with Crippen molar-refractivity contribution in [2.75, 3.05) is 19.8 Å². The molecule has 0 aromatic heterocycles. The van der Waals surface area contributed by atoms with E-state index in [0.29, 0.717) is 0 Å². The van der Waals surface area contributed by atoms with E-state index in [1.54, 1.807) is 6.92 Å². The van der Waals surface area contributed by atoms with Crippen LogP contribution in [0.4, 0.5) is 0 Å². The van der Waals surface area contributed by atoms with Gasteiger partial charge in [-0.05, 0) is 6.92 Å². The predicted molar refractivity (Wildman–Crippen MR) is 55.7 cm³/mol. The van der Waals surface area contributed by atoms with Gasteiger partial charge in [-0.2, -0.15) is 0 Å². The summed E-state index contributed by atoms with van der Waals surface area (Å²) in [6.07, 6.45) is 0.980. The quantitative estimate of drug-likeness (QED) is 0.351. The van der Waals surface area contributed by atoms with Crippen LogP contribution in [0.1, 0.15) is 20.3 Å². The number of nitrogens with one attached hydrogen (secondary N) is 1. The number of esters is 1. The van der Waals surface area contributed by atoms with Gasteiger partial charge in [0, 0.05) is 13.3 Å². The van der Waals surface area contributed by atoms with Crippen molar-refractivity contribution in [3.8, 4) is 0 Å². The molecule has 0 aliphatic heterocycles. The van der Waals surface area contributed by atoms with Gasteiger partial charge in [-0.25, -0.2) is 4.79 Å². The molecule has 0 aromatic carbocycles. The first-order valence-electron chi connectivity index (χ1n) is 5.07. The van der Waals surface area contributed by atoms with E-state index in [2.05, 4.69) is 5.32 Å². The Labute approximate surface area is 94.3 Å². The van der Waals surface area contributed by atoms with Gasteiger partial charge in [0.25, 0.3) is 0 Å². The monoisotopic (exact) mass is 231 g/mol. The Morgan fingerprint density at radius 3 is 2.62 bits per heavy atom. The first kappa shape index (κ1) is 14.6. The second-order valence-corrected chi connectivity index (χ2v) is 3.04. The van der Waals surface area contributed by atoms with Crippen molar-refractivity contribution in [2.24, 2.45) is 0 Å². The van der Waals surface area contributed by atoms with Crippen LogP contribution in [0, 0.1) is 0 Å². The summed E-state index contributed by atoms with van der Waals surface area (Å²) >= 11 is 0. The predicted octanol–water partition coefficient (Wildman–Crippen LogP) is -0.340. The Bertz CT molecular complexity index is 241. The van der Waals surface area contributed by atoms with Gasteiger partial charge in [0.05, 0.1) is 19.8 Å². The minimum atomic E-state index is -0.816. The molecule has 0 heterocycles. The summed E-state index contributed by atoms with van der Waals surface area (Å²) in [4.78, 5) is 32.2. The van der Waals surface area contributed by atoms with Crippen LogP contribution in [-0.2, 0) is 23.9 Å². The average molecular weight is 231 g/mol. The SMILES string of the molecule is CCOC(=O)[C@@H](COCCC=O)NC(C)=O. The smallest absolute Gasteiger partial charge is 0.331 e. The van der Waals surface area contributed by atoms with Gasteiger partial charge in [0.15, 0.2) is 6.04 Å². The summed E-state index contributed by atoms with van der Waals surface area (Å²) < 4.78 is 9.82. The van der Waals surface area contributed by atoms with Crippen molar-refractivity contribution in [1.82, 2.24) is 5.32 Å². The number of aldehydes is 1. The summed E-state index contributed by atoms with van der Waals surface area (Å²) in [5, 5.41) is 2.41. The Hall–Kier alpha value is -1.43. The van der Waals surface area contributed by atoms with Crippen molar-refractivity contribution in [3.05, 3.63) is 0 Å². The van der Waals surface area contributed by atoms with Gasteiger partial charge in [-0.15, -0.1) is 0 Å². The number of ether oxygens (including phenoxy) is 2. The lowest BCUT2D eigenvalue weighted by Crippen LogP contribution is -2.44. The number of amides is 1. The van der Waals surface area contributed by atoms with E-state index in [1.165, 1.54) is 6.92 Å². The fourth-order valence-corrected chi connectivity index (χ4v) is 0.989. The number of rotatable bonds is 8. The first-order valence-corrected chi connectivity index (χ1v) is 5.07. The van der Waals surface area contributed by atoms with E-state index in [-0.39, 0.29) is 32.1 Å². The third kappa shape index (κ3) is 6.94. The molecule has 6 nitrogen and oxygen atoms in total. The van der Waals surface area contributed by atoms with Crippen LogP contribution >= 0.6 is 0 Å². The minimum absolute atomic E-state index is 0.00620. The van der Waals surface area contributed by atoms with Crippen LogP contribution in [0.3, 0.4) is 0 Å². The van der Waals surface area contributed by atoms with Crippen molar-refractivity contribution >= 4 is 18.2 Å². The molecule has 6 heteroatoms. The summed E-state index contributed by atoms with van der Waals surface area (Å²) in [6.45, 7) is 3.45. The fourth-order valence-electron chi connectivity index (χ4n) is 0.989. The molecule has 1 amide bonds. The summed E-state index contributed by atoms with van der Waals surface area (Å²) in [7, 11) is 0. The molecule has 1 N–H and O–H groups in total. The van der Waals surface area contributed by atoms with Gasteiger partial charge in [0.2, 0.25) is 5.91 Å². The van der Waals surface area contributed by atoms with Gasteiger partial charge >= 0.3 is 5.97 Å². The lowest BCUT2D eigenvalue weighted by atomic mass is 10.3. The zero-order valence-electron chi connectivity index (χ0n) is 9.52. The molecule has 0 aromatic rings. The van der Waals surface area contributed by atoms with E-state index in [4.69, 9.17) is 9.47 Å². The molecule has 0 aliphatic carbocycles. The molecule has 1 atom stereocenters. The average Bonchev–Trinajstić information content (AvgIpc) is 2.22. The number of carbonyl (C=O) groups excluding carboxylic acids is 3. The van der Waals surface area contributed by atoms with Crippen molar-refractivity contribution in [3.63, 3.8) is 0 Å². The first-order chi connectivity index (χ1) is 7.61. The highest BCUT2D eigenvalue weighted by Crippen LogP contribution is 1.92. The molecular weight excluding hydrogens is 214 g/mol. The summed E-state index contributed by atoms with van der Waals surface area (Å²) in [5.41, 5.74) is 0. The Morgan fingerprint density at radius 1 is 1.44 bits per heavy atom. The molecule has 0 rings (SSSR count). The summed E-state index contributed by atoms with van der Waals surface area (Å²) in [5.74, 6) is -0.874. The molecule has 16 heavy (non-hydrogen) atoms. The largest absolute Gasteiger partial charge is 0.464 e. The topological polar surface area (TPSA) is 81.7 Å². The van der Waals surface area contributed by atoms with Gasteiger partial charge in [-0.3, -0.25) is 4.79 Å². The van der Waals surface area contributed by atoms with Crippen LogP contribution in [-0.4, -0.2) is 44.0 Å². The van der Waals surface area contributed by atoms with E-state index in [9.17, 15) is 14.4 Å². The number of carbonyl (C=O) groups is 3. The second kappa shape index (κ2) is 8.84. The maximum Gasteiger partial charge on any atom is 0.331 e. The molecule has 0 aliphatic rings. The molecule has 0 radical (unpaired) electrons. The van der Waals surface area contributed by atoms with Crippen LogP contribution < -0.4 is 5.32 Å². The highest BCUT2D eigenvalue weighted by molar-refractivity contribution is 5.83. The third-order valence-corrected chi connectivity index (χ3v) is 1.61.